The van der Waals surface area contributed by atoms with Gasteiger partial charge in [-0.1, -0.05) is 19.4 Å². The van der Waals surface area contributed by atoms with E-state index in [0.717, 1.165) is 31.3 Å². The number of aliphatic carboxylic acids is 1. The van der Waals surface area contributed by atoms with Crippen molar-refractivity contribution in [1.29, 1.82) is 0 Å². The van der Waals surface area contributed by atoms with Gasteiger partial charge in [-0.3, -0.25) is 14.4 Å². The van der Waals surface area contributed by atoms with Gasteiger partial charge in [-0.15, -0.1) is 0 Å². The highest BCUT2D eigenvalue weighted by Crippen LogP contribution is 2.68. The number of ketones is 1. The van der Waals surface area contributed by atoms with E-state index in [2.05, 4.69) is 6.92 Å². The van der Waals surface area contributed by atoms with Crippen LogP contribution in [0.2, 0.25) is 0 Å². The molecule has 0 aromatic heterocycles. The van der Waals surface area contributed by atoms with E-state index >= 15 is 0 Å². The van der Waals surface area contributed by atoms with Gasteiger partial charge in [0.2, 0.25) is 0 Å². The molecule has 9 atom stereocenters. The fourth-order valence-electron chi connectivity index (χ4n) is 8.39. The van der Waals surface area contributed by atoms with Gasteiger partial charge in [0.15, 0.2) is 5.78 Å². The third-order valence-electron chi connectivity index (χ3n) is 10.3. The monoisotopic (exact) mass is 522 g/mol. The van der Waals surface area contributed by atoms with Crippen molar-refractivity contribution >= 4 is 17.7 Å². The molecular weight excluding hydrogens is 480 g/mol. The van der Waals surface area contributed by atoms with Crippen LogP contribution in [0.5, 0.6) is 0 Å². The highest BCUT2D eigenvalue weighted by atomic mass is 16.5. The smallest absolute Gasteiger partial charge is 0.308 e. The highest BCUT2D eigenvalue weighted by molar-refractivity contribution is 5.91. The molecule has 0 radical (unpaired) electrons. The number of carbonyl (C=O) groups excluding carboxylic acids is 2. The molecule has 4 unspecified atom stereocenters. The lowest BCUT2D eigenvalue weighted by atomic mass is 9.45. The minimum Gasteiger partial charge on any atom is -0.481 e. The number of carbonyl (C=O) groups is 3. The lowest BCUT2D eigenvalue weighted by Gasteiger charge is -2.60. The number of aliphatic hydroxyl groups excluding tert-OH is 3. The molecule has 0 aromatic carbocycles. The van der Waals surface area contributed by atoms with Crippen LogP contribution in [0.3, 0.4) is 0 Å². The Labute approximate surface area is 217 Å². The van der Waals surface area contributed by atoms with Crippen LogP contribution in [0.25, 0.3) is 0 Å². The molecule has 9 nitrogen and oxygen atoms in total. The number of ether oxygens (including phenoxy) is 1. The van der Waals surface area contributed by atoms with Crippen LogP contribution in [0, 0.1) is 28.6 Å². The number of allylic oxidation sites excluding steroid dienone is 1. The van der Waals surface area contributed by atoms with Gasteiger partial charge in [0.05, 0.1) is 43.4 Å². The molecular formula is C28H42O9. The number of carboxylic acid groups (broad SMARTS) is 1. The Bertz CT molecular complexity index is 946. The topological polar surface area (TPSA) is 162 Å². The quantitative estimate of drug-likeness (QED) is 0.286. The summed E-state index contributed by atoms with van der Waals surface area (Å²) in [7, 11) is 0. The molecule has 0 spiro atoms. The van der Waals surface area contributed by atoms with E-state index in [1.165, 1.54) is 0 Å². The van der Waals surface area contributed by atoms with E-state index in [4.69, 9.17) is 9.84 Å². The summed E-state index contributed by atoms with van der Waals surface area (Å²) >= 11 is 0. The molecule has 4 rings (SSSR count). The van der Waals surface area contributed by atoms with E-state index in [9.17, 15) is 34.8 Å². The lowest BCUT2D eigenvalue weighted by molar-refractivity contribution is -0.182. The third kappa shape index (κ3) is 5.24. The van der Waals surface area contributed by atoms with Crippen LogP contribution in [-0.4, -0.2) is 73.8 Å². The first-order valence-corrected chi connectivity index (χ1v) is 13.7. The average Bonchev–Trinajstić information content (AvgIpc) is 3.03. The zero-order chi connectivity index (χ0) is 27.2. The summed E-state index contributed by atoms with van der Waals surface area (Å²) in [6, 6.07) is 0. The molecule has 0 aliphatic heterocycles. The van der Waals surface area contributed by atoms with Crippen LogP contribution in [0.4, 0.5) is 0 Å². The molecule has 208 valence electrons. The Morgan fingerprint density at radius 3 is 2.57 bits per heavy atom. The molecule has 3 saturated carbocycles. The summed E-state index contributed by atoms with van der Waals surface area (Å²) in [6.07, 6.45) is 2.78. The second-order valence-corrected chi connectivity index (χ2v) is 12.5. The predicted molar refractivity (Wildman–Crippen MR) is 132 cm³/mol. The Hall–Kier alpha value is -1.81. The van der Waals surface area contributed by atoms with E-state index < -0.39 is 47.7 Å². The standard InChI is InChI=1S/C28H42O9/c1-26-8-5-17(29)11-16(26)3-4-20-21-6-9-28(36,27(21,2)14-22(32)25(20)26)15-24(35)37-10-7-18(30)12-19(31)13-23(33)34/h11,18-22,25,30-32,36H,3-10,12-15H2,1-2H3,(H,33,34)/t18-,19-,20?,21?,22?,25?,26+,27+,28+/m1/s1. The molecule has 0 amide bonds. The van der Waals surface area contributed by atoms with Gasteiger partial charge in [0, 0.05) is 18.3 Å². The first-order valence-electron chi connectivity index (χ1n) is 13.7. The second-order valence-electron chi connectivity index (χ2n) is 12.5. The summed E-state index contributed by atoms with van der Waals surface area (Å²) < 4.78 is 5.30. The summed E-state index contributed by atoms with van der Waals surface area (Å²) in [4.78, 5) is 35.4. The van der Waals surface area contributed by atoms with Crippen molar-refractivity contribution in [2.45, 2.75) is 108 Å². The number of carboxylic acids is 1. The number of esters is 1. The first-order chi connectivity index (χ1) is 17.3. The number of aliphatic hydroxyl groups is 4. The fourth-order valence-corrected chi connectivity index (χ4v) is 8.39. The van der Waals surface area contributed by atoms with Crippen LogP contribution < -0.4 is 0 Å². The molecule has 0 aromatic rings. The van der Waals surface area contributed by atoms with Gasteiger partial charge in [0.1, 0.15) is 0 Å². The van der Waals surface area contributed by atoms with E-state index in [1.807, 2.05) is 6.92 Å². The zero-order valence-electron chi connectivity index (χ0n) is 21.9. The molecule has 5 N–H and O–H groups in total. The minimum absolute atomic E-state index is 0.0333. The van der Waals surface area contributed by atoms with Crippen molar-refractivity contribution < 1.29 is 44.7 Å². The number of hydrogen-bond acceptors (Lipinski definition) is 8. The van der Waals surface area contributed by atoms with Crippen molar-refractivity contribution in [2.75, 3.05) is 6.61 Å². The van der Waals surface area contributed by atoms with E-state index in [0.29, 0.717) is 19.3 Å². The Kier molecular flexibility index (Phi) is 7.92. The molecule has 37 heavy (non-hydrogen) atoms. The van der Waals surface area contributed by atoms with E-state index in [-0.39, 0.29) is 54.8 Å². The number of fused-ring (bicyclic) bond motifs is 5. The molecule has 4 aliphatic rings. The lowest BCUT2D eigenvalue weighted by Crippen LogP contribution is -2.60. The molecule has 9 heteroatoms. The van der Waals surface area contributed by atoms with Gasteiger partial charge >= 0.3 is 11.9 Å². The molecule has 4 aliphatic carbocycles. The maximum absolute atomic E-state index is 12.7. The highest BCUT2D eigenvalue weighted by Gasteiger charge is 2.66. The Morgan fingerprint density at radius 2 is 1.86 bits per heavy atom. The number of hydrogen-bond donors (Lipinski definition) is 5. The van der Waals surface area contributed by atoms with Crippen molar-refractivity contribution in [1.82, 2.24) is 0 Å². The summed E-state index contributed by atoms with van der Waals surface area (Å²) in [5, 5.41) is 51.5. The Morgan fingerprint density at radius 1 is 1.14 bits per heavy atom. The van der Waals surface area contributed by atoms with Gasteiger partial charge in [0.25, 0.3) is 0 Å². The summed E-state index contributed by atoms with van der Waals surface area (Å²) in [5.41, 5.74) is -1.01. The van der Waals surface area contributed by atoms with Crippen molar-refractivity contribution in [2.24, 2.45) is 28.6 Å². The maximum Gasteiger partial charge on any atom is 0.308 e. The van der Waals surface area contributed by atoms with Crippen LogP contribution in [0.15, 0.2) is 11.6 Å². The molecule has 0 bridgehead atoms. The summed E-state index contributed by atoms with van der Waals surface area (Å²) in [5.74, 6) is -1.17. The maximum atomic E-state index is 12.7. The van der Waals surface area contributed by atoms with Gasteiger partial charge in [-0.2, -0.15) is 0 Å². The third-order valence-corrected chi connectivity index (χ3v) is 10.3. The van der Waals surface area contributed by atoms with Crippen LogP contribution >= 0.6 is 0 Å². The zero-order valence-corrected chi connectivity index (χ0v) is 21.9. The first kappa shape index (κ1) is 28.2. The van der Waals surface area contributed by atoms with Gasteiger partial charge < -0.3 is 30.3 Å². The average molecular weight is 523 g/mol. The molecule has 0 heterocycles. The van der Waals surface area contributed by atoms with Crippen molar-refractivity contribution in [3.63, 3.8) is 0 Å². The largest absolute Gasteiger partial charge is 0.481 e. The van der Waals surface area contributed by atoms with Crippen molar-refractivity contribution in [3.05, 3.63) is 11.6 Å². The van der Waals surface area contributed by atoms with Gasteiger partial charge in [-0.05, 0) is 74.2 Å². The van der Waals surface area contributed by atoms with Crippen molar-refractivity contribution in [3.8, 4) is 0 Å². The second kappa shape index (κ2) is 10.4. The predicted octanol–water partition coefficient (Wildman–Crippen LogP) is 2.13. The fraction of sp³-hybridized carbons (Fsp3) is 0.821. The van der Waals surface area contributed by atoms with Crippen LogP contribution in [0.1, 0.15) is 84.5 Å². The number of rotatable bonds is 9. The van der Waals surface area contributed by atoms with Gasteiger partial charge in [-0.25, -0.2) is 0 Å². The molecule has 0 saturated heterocycles. The SMILES string of the molecule is C[C@]12CCC(=O)C=C1CCC1C2C(O)C[C@@]2(C)C1CC[C@]2(O)CC(=O)OCC[C@@H](O)C[C@@H](O)CC(=O)O. The molecule has 3 fully saturated rings. The van der Waals surface area contributed by atoms with Crippen LogP contribution in [-0.2, 0) is 19.1 Å². The minimum atomic E-state index is -1.31. The Balaban J connectivity index is 1.37. The van der Waals surface area contributed by atoms with E-state index in [1.54, 1.807) is 6.08 Å². The summed E-state index contributed by atoms with van der Waals surface area (Å²) in [6.45, 7) is 4.07. The normalized spacial score (nSPS) is 40.6.